The first-order valence-corrected chi connectivity index (χ1v) is 8.59. The number of nitrogens with zero attached hydrogens (tertiary/aromatic N) is 1. The van der Waals surface area contributed by atoms with Gasteiger partial charge in [-0.05, 0) is 44.4 Å². The standard InChI is InChI=1S/C18H25N3O2.ClH/c22-17(13-16-7-4-10-19-16)21-11-8-14(9-12-21)18(23)20-15-5-2-1-3-6-15;/h1-3,5-6,14,16,19H,4,7-13H2,(H,20,23);1H. The lowest BCUT2D eigenvalue weighted by Crippen LogP contribution is -2.43. The molecule has 24 heavy (non-hydrogen) atoms. The summed E-state index contributed by atoms with van der Waals surface area (Å²) in [5.74, 6) is 0.302. The molecule has 6 heteroatoms. The zero-order valence-electron chi connectivity index (χ0n) is 13.9. The number of para-hydroxylation sites is 1. The molecule has 2 aliphatic rings. The lowest BCUT2D eigenvalue weighted by atomic mass is 9.95. The predicted molar refractivity (Wildman–Crippen MR) is 97.3 cm³/mol. The number of hydrogen-bond donors (Lipinski definition) is 2. The molecule has 2 saturated heterocycles. The molecule has 1 aromatic rings. The average molecular weight is 352 g/mol. The Morgan fingerprint density at radius 3 is 2.46 bits per heavy atom. The normalized spacial score (nSPS) is 21.2. The lowest BCUT2D eigenvalue weighted by molar-refractivity contribution is -0.134. The Morgan fingerprint density at radius 1 is 1.12 bits per heavy atom. The summed E-state index contributed by atoms with van der Waals surface area (Å²) < 4.78 is 0. The van der Waals surface area contributed by atoms with Crippen LogP contribution in [0.2, 0.25) is 0 Å². The zero-order valence-corrected chi connectivity index (χ0v) is 14.7. The van der Waals surface area contributed by atoms with E-state index in [9.17, 15) is 9.59 Å². The number of carbonyl (C=O) groups is 2. The molecule has 1 aromatic carbocycles. The van der Waals surface area contributed by atoms with Crippen molar-refractivity contribution in [2.75, 3.05) is 25.0 Å². The first-order valence-electron chi connectivity index (χ1n) is 8.59. The maximum absolute atomic E-state index is 12.3. The van der Waals surface area contributed by atoms with E-state index in [0.29, 0.717) is 25.6 Å². The van der Waals surface area contributed by atoms with Gasteiger partial charge in [-0.1, -0.05) is 18.2 Å². The smallest absolute Gasteiger partial charge is 0.227 e. The highest BCUT2D eigenvalue weighted by atomic mass is 35.5. The maximum atomic E-state index is 12.3. The topological polar surface area (TPSA) is 61.4 Å². The summed E-state index contributed by atoms with van der Waals surface area (Å²) in [6.07, 6.45) is 4.37. The first-order chi connectivity index (χ1) is 11.2. The van der Waals surface area contributed by atoms with Gasteiger partial charge in [0.2, 0.25) is 11.8 Å². The van der Waals surface area contributed by atoms with Crippen LogP contribution in [0.15, 0.2) is 30.3 Å². The number of halogens is 1. The van der Waals surface area contributed by atoms with Gasteiger partial charge in [0, 0.05) is 37.2 Å². The van der Waals surface area contributed by atoms with Crippen LogP contribution in [0, 0.1) is 5.92 Å². The van der Waals surface area contributed by atoms with E-state index in [2.05, 4.69) is 10.6 Å². The monoisotopic (exact) mass is 351 g/mol. The maximum Gasteiger partial charge on any atom is 0.227 e. The first kappa shape index (κ1) is 18.7. The van der Waals surface area contributed by atoms with Gasteiger partial charge in [0.05, 0.1) is 0 Å². The molecule has 2 fully saturated rings. The molecule has 132 valence electrons. The van der Waals surface area contributed by atoms with Crippen molar-refractivity contribution in [2.45, 2.75) is 38.1 Å². The van der Waals surface area contributed by atoms with E-state index in [0.717, 1.165) is 31.5 Å². The number of amides is 2. The Hall–Kier alpha value is -1.59. The summed E-state index contributed by atoms with van der Waals surface area (Å²) in [6.45, 7) is 2.41. The number of anilines is 1. The van der Waals surface area contributed by atoms with Crippen LogP contribution in [0.25, 0.3) is 0 Å². The molecule has 2 N–H and O–H groups in total. The number of hydrogen-bond acceptors (Lipinski definition) is 3. The SMILES string of the molecule is Cl.O=C(Nc1ccccc1)C1CCN(C(=O)CC2CCCN2)CC1. The van der Waals surface area contributed by atoms with E-state index in [-0.39, 0.29) is 30.1 Å². The van der Waals surface area contributed by atoms with Gasteiger partial charge in [0.25, 0.3) is 0 Å². The van der Waals surface area contributed by atoms with E-state index in [4.69, 9.17) is 0 Å². The van der Waals surface area contributed by atoms with Crippen molar-refractivity contribution in [3.05, 3.63) is 30.3 Å². The Labute approximate surface area is 149 Å². The van der Waals surface area contributed by atoms with Crippen LogP contribution < -0.4 is 10.6 Å². The van der Waals surface area contributed by atoms with Crippen molar-refractivity contribution in [1.29, 1.82) is 0 Å². The van der Waals surface area contributed by atoms with Gasteiger partial charge < -0.3 is 15.5 Å². The molecule has 1 unspecified atom stereocenters. The summed E-state index contributed by atoms with van der Waals surface area (Å²) >= 11 is 0. The summed E-state index contributed by atoms with van der Waals surface area (Å²) in [5, 5.41) is 6.33. The van der Waals surface area contributed by atoms with Gasteiger partial charge in [-0.15, -0.1) is 12.4 Å². The summed E-state index contributed by atoms with van der Waals surface area (Å²) in [4.78, 5) is 26.5. The molecular formula is C18H26ClN3O2. The Balaban J connectivity index is 0.00000208. The molecule has 0 saturated carbocycles. The molecule has 2 amide bonds. The molecule has 1 atom stereocenters. The highest BCUT2D eigenvalue weighted by Gasteiger charge is 2.28. The minimum atomic E-state index is 0. The third-order valence-corrected chi connectivity index (χ3v) is 4.84. The summed E-state index contributed by atoms with van der Waals surface area (Å²) in [6, 6.07) is 9.89. The number of nitrogens with one attached hydrogen (secondary N) is 2. The predicted octanol–water partition coefficient (Wildman–Crippen LogP) is 2.43. The Kier molecular flexibility index (Phi) is 7.06. The molecule has 0 aromatic heterocycles. The number of rotatable bonds is 4. The van der Waals surface area contributed by atoms with Crippen LogP contribution in [0.3, 0.4) is 0 Å². The van der Waals surface area contributed by atoms with Gasteiger partial charge in [0.15, 0.2) is 0 Å². The van der Waals surface area contributed by atoms with Crippen LogP contribution in [-0.2, 0) is 9.59 Å². The van der Waals surface area contributed by atoms with Gasteiger partial charge in [-0.3, -0.25) is 9.59 Å². The van der Waals surface area contributed by atoms with E-state index in [1.165, 1.54) is 6.42 Å². The van der Waals surface area contributed by atoms with Crippen LogP contribution in [0.1, 0.15) is 32.1 Å². The Morgan fingerprint density at radius 2 is 1.83 bits per heavy atom. The fourth-order valence-corrected chi connectivity index (χ4v) is 3.43. The van der Waals surface area contributed by atoms with Crippen LogP contribution in [0.5, 0.6) is 0 Å². The third kappa shape index (κ3) is 4.95. The minimum absolute atomic E-state index is 0. The fourth-order valence-electron chi connectivity index (χ4n) is 3.43. The quantitative estimate of drug-likeness (QED) is 0.875. The molecule has 3 rings (SSSR count). The van der Waals surface area contributed by atoms with Gasteiger partial charge >= 0.3 is 0 Å². The van der Waals surface area contributed by atoms with Crippen LogP contribution in [-0.4, -0.2) is 42.4 Å². The average Bonchev–Trinajstić information content (AvgIpc) is 3.09. The van der Waals surface area contributed by atoms with Crippen molar-refractivity contribution in [2.24, 2.45) is 5.92 Å². The molecule has 2 aliphatic heterocycles. The number of carbonyl (C=O) groups excluding carboxylic acids is 2. The molecule has 0 aliphatic carbocycles. The number of likely N-dealkylation sites (tertiary alicyclic amines) is 1. The summed E-state index contributed by atoms with van der Waals surface area (Å²) in [5.41, 5.74) is 0.836. The molecule has 5 nitrogen and oxygen atoms in total. The van der Waals surface area contributed by atoms with E-state index < -0.39 is 0 Å². The third-order valence-electron chi connectivity index (χ3n) is 4.84. The van der Waals surface area contributed by atoms with E-state index in [1.807, 2.05) is 35.2 Å². The fraction of sp³-hybridized carbons (Fsp3) is 0.556. The largest absolute Gasteiger partial charge is 0.343 e. The lowest BCUT2D eigenvalue weighted by Gasteiger charge is -2.32. The molecule has 0 bridgehead atoms. The second-order valence-corrected chi connectivity index (χ2v) is 6.51. The van der Waals surface area contributed by atoms with Crippen LogP contribution >= 0.6 is 12.4 Å². The molecular weight excluding hydrogens is 326 g/mol. The molecule has 0 spiro atoms. The van der Waals surface area contributed by atoms with Crippen LogP contribution in [0.4, 0.5) is 5.69 Å². The van der Waals surface area contributed by atoms with Gasteiger partial charge in [0.1, 0.15) is 0 Å². The molecule has 2 heterocycles. The van der Waals surface area contributed by atoms with Crippen molar-refractivity contribution in [3.8, 4) is 0 Å². The van der Waals surface area contributed by atoms with Gasteiger partial charge in [-0.2, -0.15) is 0 Å². The van der Waals surface area contributed by atoms with Gasteiger partial charge in [-0.25, -0.2) is 0 Å². The highest BCUT2D eigenvalue weighted by Crippen LogP contribution is 2.21. The minimum Gasteiger partial charge on any atom is -0.343 e. The van der Waals surface area contributed by atoms with Crippen molar-refractivity contribution in [3.63, 3.8) is 0 Å². The van der Waals surface area contributed by atoms with E-state index >= 15 is 0 Å². The van der Waals surface area contributed by atoms with E-state index in [1.54, 1.807) is 0 Å². The second-order valence-electron chi connectivity index (χ2n) is 6.51. The van der Waals surface area contributed by atoms with Crippen molar-refractivity contribution in [1.82, 2.24) is 10.2 Å². The second kappa shape index (κ2) is 9.04. The molecule has 0 radical (unpaired) electrons. The Bertz CT molecular complexity index is 538. The number of piperidine rings is 1. The summed E-state index contributed by atoms with van der Waals surface area (Å²) in [7, 11) is 0. The number of benzene rings is 1. The van der Waals surface area contributed by atoms with Crippen molar-refractivity contribution < 1.29 is 9.59 Å². The zero-order chi connectivity index (χ0) is 16.1. The van der Waals surface area contributed by atoms with Crippen molar-refractivity contribution >= 4 is 29.9 Å². The highest BCUT2D eigenvalue weighted by molar-refractivity contribution is 5.92.